The quantitative estimate of drug-likeness (QED) is 0.675. The molecule has 2 heterocycles. The first kappa shape index (κ1) is 15.6. The lowest BCUT2D eigenvalue weighted by Gasteiger charge is -2.33. The summed E-state index contributed by atoms with van der Waals surface area (Å²) in [6, 6.07) is 9.45. The molecule has 0 saturated carbocycles. The van der Waals surface area contributed by atoms with Gasteiger partial charge in [0.25, 0.3) is 0 Å². The fourth-order valence-corrected chi connectivity index (χ4v) is 2.56. The molecule has 0 amide bonds. The van der Waals surface area contributed by atoms with Crippen LogP contribution in [0.2, 0.25) is 0 Å². The highest BCUT2D eigenvalue weighted by Gasteiger charge is 2.35. The predicted octanol–water partition coefficient (Wildman–Crippen LogP) is 2.03. The van der Waals surface area contributed by atoms with E-state index in [9.17, 15) is 9.90 Å². The van der Waals surface area contributed by atoms with Crippen molar-refractivity contribution in [2.45, 2.75) is 25.0 Å². The topological polar surface area (TPSA) is 73.6 Å². The van der Waals surface area contributed by atoms with Crippen molar-refractivity contribution in [1.29, 1.82) is 0 Å². The van der Waals surface area contributed by atoms with E-state index in [1.807, 2.05) is 30.3 Å². The minimum absolute atomic E-state index is 0.108. The van der Waals surface area contributed by atoms with E-state index in [0.717, 1.165) is 5.56 Å². The summed E-state index contributed by atoms with van der Waals surface area (Å²) in [5.74, 6) is 0. The standard InChI is InChI=1S/C17H18N2O4/c1-2-8-19-9-13(10-20)15(18-19)16-14(21)11-22-17(23-16)12-6-4-3-5-7-12/h2-7,9-10,14,16-17,21H,1,8,11H2/t14-,16-,17-/m1/s1. The third-order valence-corrected chi connectivity index (χ3v) is 3.64. The second kappa shape index (κ2) is 6.87. The number of nitrogens with zero attached hydrogens (tertiary/aromatic N) is 2. The minimum atomic E-state index is -0.888. The Morgan fingerprint density at radius 1 is 1.39 bits per heavy atom. The van der Waals surface area contributed by atoms with Crippen molar-refractivity contribution in [2.24, 2.45) is 0 Å². The zero-order valence-electron chi connectivity index (χ0n) is 12.5. The molecule has 23 heavy (non-hydrogen) atoms. The lowest BCUT2D eigenvalue weighted by Crippen LogP contribution is -2.35. The van der Waals surface area contributed by atoms with Crippen molar-refractivity contribution < 1.29 is 19.4 Å². The second-order valence-electron chi connectivity index (χ2n) is 5.30. The van der Waals surface area contributed by atoms with Crippen LogP contribution >= 0.6 is 0 Å². The van der Waals surface area contributed by atoms with Gasteiger partial charge in [0.1, 0.15) is 17.9 Å². The number of hydrogen-bond acceptors (Lipinski definition) is 5. The van der Waals surface area contributed by atoms with E-state index < -0.39 is 18.5 Å². The molecule has 1 aliphatic heterocycles. The summed E-state index contributed by atoms with van der Waals surface area (Å²) in [5, 5.41) is 14.6. The van der Waals surface area contributed by atoms with Gasteiger partial charge in [0.05, 0.1) is 18.7 Å². The van der Waals surface area contributed by atoms with Crippen LogP contribution in [0.25, 0.3) is 0 Å². The van der Waals surface area contributed by atoms with Gasteiger partial charge in [0.15, 0.2) is 12.6 Å². The van der Waals surface area contributed by atoms with E-state index >= 15 is 0 Å². The average Bonchev–Trinajstić information content (AvgIpc) is 2.99. The normalized spacial score (nSPS) is 24.3. The van der Waals surface area contributed by atoms with Crippen LogP contribution in [0.3, 0.4) is 0 Å². The molecule has 6 nitrogen and oxygen atoms in total. The van der Waals surface area contributed by atoms with Crippen LogP contribution in [0.1, 0.15) is 34.0 Å². The molecular weight excluding hydrogens is 296 g/mol. The van der Waals surface area contributed by atoms with Crippen LogP contribution in [-0.4, -0.2) is 33.9 Å². The molecule has 6 heteroatoms. The van der Waals surface area contributed by atoms with E-state index in [1.165, 1.54) is 0 Å². The molecule has 1 aliphatic rings. The molecular formula is C17H18N2O4. The molecule has 1 fully saturated rings. The van der Waals surface area contributed by atoms with Crippen molar-refractivity contribution in [3.63, 3.8) is 0 Å². The number of aliphatic hydroxyl groups excluding tert-OH is 1. The summed E-state index contributed by atoms with van der Waals surface area (Å²) < 4.78 is 13.0. The Bertz CT molecular complexity index is 683. The number of carbonyl (C=O) groups excluding carboxylic acids is 1. The van der Waals surface area contributed by atoms with Crippen LogP contribution in [0, 0.1) is 0 Å². The highest BCUT2D eigenvalue weighted by atomic mass is 16.7. The first-order chi connectivity index (χ1) is 11.2. The summed E-state index contributed by atoms with van der Waals surface area (Å²) in [6.07, 6.45) is 1.80. The number of allylic oxidation sites excluding steroid dienone is 1. The summed E-state index contributed by atoms with van der Waals surface area (Å²) >= 11 is 0. The SMILES string of the molecule is C=CCn1cc(C=O)c([C@@H]2O[C@H](c3ccccc3)OC[C@H]2O)n1. The lowest BCUT2D eigenvalue weighted by molar-refractivity contribution is -0.260. The third-order valence-electron chi connectivity index (χ3n) is 3.64. The molecule has 1 N–H and O–H groups in total. The molecule has 0 radical (unpaired) electrons. The minimum Gasteiger partial charge on any atom is -0.388 e. The van der Waals surface area contributed by atoms with Gasteiger partial charge in [-0.25, -0.2) is 0 Å². The molecule has 0 aliphatic carbocycles. The number of carbonyl (C=O) groups is 1. The molecule has 0 bridgehead atoms. The van der Waals surface area contributed by atoms with Gasteiger partial charge in [-0.3, -0.25) is 9.48 Å². The predicted molar refractivity (Wildman–Crippen MR) is 82.8 cm³/mol. The average molecular weight is 314 g/mol. The first-order valence-electron chi connectivity index (χ1n) is 7.36. The number of ether oxygens (including phenoxy) is 2. The molecule has 1 aromatic heterocycles. The van der Waals surface area contributed by atoms with Gasteiger partial charge in [0.2, 0.25) is 0 Å². The van der Waals surface area contributed by atoms with Crippen molar-refractivity contribution in [2.75, 3.05) is 6.61 Å². The summed E-state index contributed by atoms with van der Waals surface area (Å²) in [7, 11) is 0. The van der Waals surface area contributed by atoms with Crippen molar-refractivity contribution in [3.05, 3.63) is 66.0 Å². The highest BCUT2D eigenvalue weighted by molar-refractivity contribution is 5.76. The molecule has 1 aromatic carbocycles. The van der Waals surface area contributed by atoms with Crippen LogP contribution in [0.5, 0.6) is 0 Å². The maximum atomic E-state index is 11.3. The number of aliphatic hydroxyl groups is 1. The maximum absolute atomic E-state index is 11.3. The van der Waals surface area contributed by atoms with E-state index in [2.05, 4.69) is 11.7 Å². The van der Waals surface area contributed by atoms with Gasteiger partial charge in [0, 0.05) is 11.8 Å². The first-order valence-corrected chi connectivity index (χ1v) is 7.36. The Kier molecular flexibility index (Phi) is 4.66. The second-order valence-corrected chi connectivity index (χ2v) is 5.30. The van der Waals surface area contributed by atoms with Crippen LogP contribution in [0.15, 0.2) is 49.2 Å². The van der Waals surface area contributed by atoms with Crippen molar-refractivity contribution in [3.8, 4) is 0 Å². The van der Waals surface area contributed by atoms with Crippen LogP contribution in [-0.2, 0) is 16.0 Å². The van der Waals surface area contributed by atoms with Crippen LogP contribution < -0.4 is 0 Å². The van der Waals surface area contributed by atoms with Gasteiger partial charge in [-0.15, -0.1) is 6.58 Å². The summed E-state index contributed by atoms with van der Waals surface area (Å²) in [4.78, 5) is 11.3. The number of rotatable bonds is 5. The molecule has 0 unspecified atom stereocenters. The summed E-state index contributed by atoms with van der Waals surface area (Å²) in [6.45, 7) is 4.23. The molecule has 0 spiro atoms. The summed E-state index contributed by atoms with van der Waals surface area (Å²) in [5.41, 5.74) is 1.66. The van der Waals surface area contributed by atoms with Crippen molar-refractivity contribution >= 4 is 6.29 Å². The zero-order chi connectivity index (χ0) is 16.2. The number of aldehydes is 1. The van der Waals surface area contributed by atoms with Gasteiger partial charge >= 0.3 is 0 Å². The number of benzene rings is 1. The van der Waals surface area contributed by atoms with Gasteiger partial charge in [-0.1, -0.05) is 36.4 Å². The lowest BCUT2D eigenvalue weighted by atomic mass is 10.1. The largest absolute Gasteiger partial charge is 0.388 e. The zero-order valence-corrected chi connectivity index (χ0v) is 12.5. The molecule has 3 rings (SSSR count). The third kappa shape index (κ3) is 3.24. The van der Waals surface area contributed by atoms with Gasteiger partial charge < -0.3 is 14.6 Å². The number of hydrogen-bond donors (Lipinski definition) is 1. The Labute approximate surface area is 134 Å². The fourth-order valence-electron chi connectivity index (χ4n) is 2.56. The highest BCUT2D eigenvalue weighted by Crippen LogP contribution is 2.35. The van der Waals surface area contributed by atoms with E-state index in [4.69, 9.17) is 9.47 Å². The van der Waals surface area contributed by atoms with E-state index in [1.54, 1.807) is 17.0 Å². The molecule has 120 valence electrons. The Balaban J connectivity index is 1.88. The van der Waals surface area contributed by atoms with Gasteiger partial charge in [-0.2, -0.15) is 5.10 Å². The Morgan fingerprint density at radius 2 is 2.17 bits per heavy atom. The number of aromatic nitrogens is 2. The Morgan fingerprint density at radius 3 is 2.87 bits per heavy atom. The molecule has 1 saturated heterocycles. The smallest absolute Gasteiger partial charge is 0.184 e. The Hall–Kier alpha value is -2.28. The van der Waals surface area contributed by atoms with Crippen LogP contribution in [0.4, 0.5) is 0 Å². The van der Waals surface area contributed by atoms with Gasteiger partial charge in [-0.05, 0) is 0 Å². The van der Waals surface area contributed by atoms with E-state index in [-0.39, 0.29) is 6.61 Å². The van der Waals surface area contributed by atoms with E-state index in [0.29, 0.717) is 24.1 Å². The molecule has 2 aromatic rings. The maximum Gasteiger partial charge on any atom is 0.184 e. The fraction of sp³-hybridized carbons (Fsp3) is 0.294. The monoisotopic (exact) mass is 314 g/mol. The van der Waals surface area contributed by atoms with Crippen molar-refractivity contribution in [1.82, 2.24) is 9.78 Å². The molecule has 3 atom stereocenters.